The summed E-state index contributed by atoms with van der Waals surface area (Å²) >= 11 is 0. The molecular formula is C21H29NO2. The molecule has 3 fully saturated rings. The lowest BCUT2D eigenvalue weighted by Gasteiger charge is -2.45. The number of carbonyl (C=O) groups excluding carboxylic acids is 1. The molecule has 3 nitrogen and oxygen atoms in total. The van der Waals surface area contributed by atoms with Crippen LogP contribution in [-0.4, -0.2) is 36.1 Å². The number of nitrogens with zero attached hydrogens (tertiary/aromatic N) is 1. The van der Waals surface area contributed by atoms with Crippen LogP contribution >= 0.6 is 0 Å². The highest BCUT2D eigenvalue weighted by atomic mass is 16.6. The van der Waals surface area contributed by atoms with Gasteiger partial charge >= 0.3 is 5.97 Å². The third-order valence-corrected chi connectivity index (χ3v) is 5.05. The summed E-state index contributed by atoms with van der Waals surface area (Å²) in [5.41, 5.74) is 2.27. The Kier molecular flexibility index (Phi) is 5.09. The lowest BCUT2D eigenvalue weighted by Crippen LogP contribution is -2.46. The zero-order chi connectivity index (χ0) is 17.2. The maximum atomic E-state index is 11.9. The van der Waals surface area contributed by atoms with Crippen LogP contribution in [0, 0.1) is 5.92 Å². The van der Waals surface area contributed by atoms with Crippen molar-refractivity contribution in [3.63, 3.8) is 0 Å². The second-order valence-electron chi connectivity index (χ2n) is 8.07. The molecule has 24 heavy (non-hydrogen) atoms. The Balaban J connectivity index is 1.68. The van der Waals surface area contributed by atoms with E-state index in [4.69, 9.17) is 4.74 Å². The number of rotatable bonds is 4. The average molecular weight is 327 g/mol. The van der Waals surface area contributed by atoms with E-state index in [1.807, 2.05) is 26.8 Å². The third-order valence-electron chi connectivity index (χ3n) is 5.05. The summed E-state index contributed by atoms with van der Waals surface area (Å²) in [4.78, 5) is 14.4. The van der Waals surface area contributed by atoms with Gasteiger partial charge in [0, 0.05) is 12.5 Å². The normalized spacial score (nSPS) is 26.7. The van der Waals surface area contributed by atoms with E-state index in [0.29, 0.717) is 12.3 Å². The van der Waals surface area contributed by atoms with Crippen LogP contribution in [0.4, 0.5) is 0 Å². The Bertz CT molecular complexity index is 607. The molecule has 3 saturated heterocycles. The number of piperidine rings is 3. The van der Waals surface area contributed by atoms with E-state index in [-0.39, 0.29) is 5.97 Å². The molecule has 0 saturated carbocycles. The zero-order valence-corrected chi connectivity index (χ0v) is 15.1. The van der Waals surface area contributed by atoms with Crippen LogP contribution in [0.15, 0.2) is 30.3 Å². The lowest BCUT2D eigenvalue weighted by molar-refractivity contribution is -0.153. The highest BCUT2D eigenvalue weighted by Gasteiger charge is 2.35. The van der Waals surface area contributed by atoms with Gasteiger partial charge in [0.25, 0.3) is 0 Å². The number of fused-ring (bicyclic) bond motifs is 3. The van der Waals surface area contributed by atoms with Crippen LogP contribution in [-0.2, 0) is 9.53 Å². The van der Waals surface area contributed by atoms with Crippen molar-refractivity contribution < 1.29 is 9.53 Å². The van der Waals surface area contributed by atoms with Crippen molar-refractivity contribution >= 4 is 12.0 Å². The average Bonchev–Trinajstić information content (AvgIpc) is 2.54. The van der Waals surface area contributed by atoms with Crippen molar-refractivity contribution in [3.8, 4) is 0 Å². The quantitative estimate of drug-likeness (QED) is 0.775. The number of ether oxygens (including phenoxy) is 1. The summed E-state index contributed by atoms with van der Waals surface area (Å²) in [7, 11) is 0. The predicted octanol–water partition coefficient (Wildman–Crippen LogP) is 4.24. The van der Waals surface area contributed by atoms with Gasteiger partial charge in [-0.25, -0.2) is 0 Å². The van der Waals surface area contributed by atoms with Crippen molar-refractivity contribution in [1.29, 1.82) is 0 Å². The molecule has 3 aliphatic rings. The summed E-state index contributed by atoms with van der Waals surface area (Å²) in [5, 5.41) is 0. The molecule has 3 heterocycles. The minimum atomic E-state index is -0.418. The van der Waals surface area contributed by atoms with Gasteiger partial charge in [0.2, 0.25) is 0 Å². The smallest absolute Gasteiger partial charge is 0.310 e. The van der Waals surface area contributed by atoms with Gasteiger partial charge in [-0.2, -0.15) is 0 Å². The molecule has 0 N–H and O–H groups in total. The van der Waals surface area contributed by atoms with Crippen LogP contribution in [0.25, 0.3) is 6.08 Å². The largest absolute Gasteiger partial charge is 0.460 e. The first-order valence-electron chi connectivity index (χ1n) is 9.12. The highest BCUT2D eigenvalue weighted by Crippen LogP contribution is 2.40. The van der Waals surface area contributed by atoms with E-state index in [0.717, 1.165) is 5.92 Å². The fourth-order valence-corrected chi connectivity index (χ4v) is 3.98. The molecule has 0 aliphatic carbocycles. The van der Waals surface area contributed by atoms with Gasteiger partial charge in [-0.15, -0.1) is 0 Å². The Morgan fingerprint density at radius 3 is 2.58 bits per heavy atom. The van der Waals surface area contributed by atoms with Crippen molar-refractivity contribution in [1.82, 2.24) is 4.90 Å². The zero-order valence-electron chi connectivity index (χ0n) is 15.1. The fourth-order valence-electron chi connectivity index (χ4n) is 3.98. The van der Waals surface area contributed by atoms with Crippen LogP contribution < -0.4 is 0 Å². The molecule has 1 aromatic rings. The Labute approximate surface area is 145 Å². The first-order chi connectivity index (χ1) is 11.4. The summed E-state index contributed by atoms with van der Waals surface area (Å²) in [6, 6.07) is 8.65. The second kappa shape index (κ2) is 7.10. The number of benzene rings is 1. The van der Waals surface area contributed by atoms with Crippen molar-refractivity contribution in [3.05, 3.63) is 41.5 Å². The van der Waals surface area contributed by atoms with E-state index in [9.17, 15) is 4.79 Å². The van der Waals surface area contributed by atoms with Crippen LogP contribution in [0.5, 0.6) is 0 Å². The molecule has 130 valence electrons. The van der Waals surface area contributed by atoms with Gasteiger partial charge in [0.15, 0.2) is 0 Å². The highest BCUT2D eigenvalue weighted by molar-refractivity contribution is 5.73. The third kappa shape index (κ3) is 4.27. The van der Waals surface area contributed by atoms with Gasteiger partial charge < -0.3 is 9.64 Å². The minimum Gasteiger partial charge on any atom is -0.460 e. The van der Waals surface area contributed by atoms with Gasteiger partial charge in [-0.05, 0) is 63.7 Å². The van der Waals surface area contributed by atoms with Crippen molar-refractivity contribution in [2.75, 3.05) is 19.6 Å². The Morgan fingerprint density at radius 2 is 1.96 bits per heavy atom. The summed E-state index contributed by atoms with van der Waals surface area (Å²) < 4.78 is 5.37. The number of esters is 1. The van der Waals surface area contributed by atoms with Crippen LogP contribution in [0.3, 0.4) is 0 Å². The number of carbonyl (C=O) groups is 1. The number of hydrogen-bond donors (Lipinski definition) is 0. The van der Waals surface area contributed by atoms with Gasteiger partial charge in [0.05, 0.1) is 6.42 Å². The van der Waals surface area contributed by atoms with Crippen LogP contribution in [0.2, 0.25) is 0 Å². The monoisotopic (exact) mass is 327 g/mol. The van der Waals surface area contributed by atoms with Crippen molar-refractivity contribution in [2.24, 2.45) is 5.92 Å². The molecule has 3 heteroatoms. The van der Waals surface area contributed by atoms with Crippen molar-refractivity contribution in [2.45, 2.75) is 51.6 Å². The molecular weight excluding hydrogens is 298 g/mol. The summed E-state index contributed by atoms with van der Waals surface area (Å²) in [6.07, 6.45) is 7.00. The van der Waals surface area contributed by atoms with E-state index in [2.05, 4.69) is 35.2 Å². The van der Waals surface area contributed by atoms with E-state index < -0.39 is 5.60 Å². The Hall–Kier alpha value is -1.61. The fraction of sp³-hybridized carbons (Fsp3) is 0.571. The number of hydrogen-bond acceptors (Lipinski definition) is 3. The van der Waals surface area contributed by atoms with Gasteiger partial charge in [-0.1, -0.05) is 36.4 Å². The van der Waals surface area contributed by atoms with Gasteiger partial charge in [0.1, 0.15) is 5.60 Å². The summed E-state index contributed by atoms with van der Waals surface area (Å²) in [6.45, 7) is 9.41. The predicted molar refractivity (Wildman–Crippen MR) is 97.8 cm³/mol. The van der Waals surface area contributed by atoms with Crippen LogP contribution in [0.1, 0.15) is 57.1 Å². The molecule has 0 radical (unpaired) electrons. The molecule has 2 bridgehead atoms. The molecule has 1 aromatic carbocycles. The Morgan fingerprint density at radius 1 is 1.25 bits per heavy atom. The van der Waals surface area contributed by atoms with Gasteiger partial charge in [-0.3, -0.25) is 4.79 Å². The standard InChI is InChI=1S/C21H29NO2/c1-21(2,3)24-20(23)10-6-8-16-7-4-5-9-18(16)19-15-22-13-11-17(19)12-14-22/h4-9,17,19H,10-15H2,1-3H3/b8-6+/t19-/m1/s1. The molecule has 3 aliphatic heterocycles. The maximum Gasteiger partial charge on any atom is 0.310 e. The molecule has 0 spiro atoms. The maximum absolute atomic E-state index is 11.9. The second-order valence-corrected chi connectivity index (χ2v) is 8.07. The molecule has 4 rings (SSSR count). The molecule has 1 atom stereocenters. The van der Waals surface area contributed by atoms with E-state index >= 15 is 0 Å². The van der Waals surface area contributed by atoms with E-state index in [1.54, 1.807) is 0 Å². The topological polar surface area (TPSA) is 29.5 Å². The molecule has 0 unspecified atom stereocenters. The lowest BCUT2D eigenvalue weighted by atomic mass is 9.74. The first-order valence-corrected chi connectivity index (χ1v) is 9.12. The van der Waals surface area contributed by atoms with E-state index in [1.165, 1.54) is 43.6 Å². The minimum absolute atomic E-state index is 0.168. The summed E-state index contributed by atoms with van der Waals surface area (Å²) in [5.74, 6) is 1.28. The SMILES string of the molecule is CC(C)(C)OC(=O)C/C=C/c1ccccc1[C@@H]1CN2CCC1CC2. The molecule has 0 aromatic heterocycles. The first kappa shape index (κ1) is 17.2. The molecule has 0 amide bonds.